The Hall–Kier alpha value is -5.28. The molecule has 0 aliphatic heterocycles. The lowest BCUT2D eigenvalue weighted by Crippen LogP contribution is -2.20. The number of rotatable bonds is 10. The maximum atomic E-state index is 12.7. The fourth-order valence-corrected chi connectivity index (χ4v) is 4.65. The SMILES string of the molecule is Cc1cccc(NC(=O)COc2ccccc2/C=N/NC(=O)c2ccc(-c3csc(Nc4ccccc4)n3)cc2)c1. The Labute approximate surface area is 241 Å². The summed E-state index contributed by atoms with van der Waals surface area (Å²) in [5.41, 5.74) is 8.07. The third kappa shape index (κ3) is 7.65. The number of hydrazone groups is 1. The van der Waals surface area contributed by atoms with Gasteiger partial charge in [-0.2, -0.15) is 5.10 Å². The van der Waals surface area contributed by atoms with Crippen molar-refractivity contribution in [3.63, 3.8) is 0 Å². The van der Waals surface area contributed by atoms with E-state index in [0.29, 0.717) is 22.6 Å². The number of amides is 2. The molecule has 2 amide bonds. The molecule has 1 aromatic heterocycles. The summed E-state index contributed by atoms with van der Waals surface area (Å²) in [5.74, 6) is -0.160. The van der Waals surface area contributed by atoms with Crippen molar-refractivity contribution in [2.24, 2.45) is 5.10 Å². The molecule has 0 atom stereocenters. The average Bonchev–Trinajstić information content (AvgIpc) is 3.45. The van der Waals surface area contributed by atoms with E-state index in [0.717, 1.165) is 27.6 Å². The van der Waals surface area contributed by atoms with Crippen LogP contribution in [0.5, 0.6) is 5.75 Å². The highest BCUT2D eigenvalue weighted by atomic mass is 32.1. The van der Waals surface area contributed by atoms with Crippen LogP contribution in [0.25, 0.3) is 11.3 Å². The summed E-state index contributed by atoms with van der Waals surface area (Å²) in [5, 5.41) is 12.9. The van der Waals surface area contributed by atoms with E-state index in [1.807, 2.05) is 85.1 Å². The van der Waals surface area contributed by atoms with Crippen molar-refractivity contribution in [2.45, 2.75) is 6.92 Å². The van der Waals surface area contributed by atoms with Crippen LogP contribution < -0.4 is 20.8 Å². The van der Waals surface area contributed by atoms with Crippen molar-refractivity contribution in [3.05, 3.63) is 125 Å². The smallest absolute Gasteiger partial charge is 0.271 e. The molecule has 0 aliphatic carbocycles. The van der Waals surface area contributed by atoms with Crippen LogP contribution in [0.1, 0.15) is 21.5 Å². The molecule has 0 aliphatic rings. The lowest BCUT2D eigenvalue weighted by Gasteiger charge is -2.10. The second kappa shape index (κ2) is 13.2. The van der Waals surface area contributed by atoms with E-state index in [4.69, 9.17) is 4.74 Å². The first-order valence-corrected chi connectivity index (χ1v) is 13.7. The summed E-state index contributed by atoms with van der Waals surface area (Å²) in [4.78, 5) is 29.6. The maximum Gasteiger partial charge on any atom is 0.271 e. The Kier molecular flexibility index (Phi) is 8.78. The topological polar surface area (TPSA) is 105 Å². The number of para-hydroxylation sites is 2. The van der Waals surface area contributed by atoms with E-state index in [-0.39, 0.29) is 18.4 Å². The minimum Gasteiger partial charge on any atom is -0.483 e. The minimum atomic E-state index is -0.353. The number of benzene rings is 4. The van der Waals surface area contributed by atoms with Crippen molar-refractivity contribution >= 4 is 45.9 Å². The number of hydrogen-bond donors (Lipinski definition) is 3. The fraction of sp³-hybridized carbons (Fsp3) is 0.0625. The Bertz CT molecular complexity index is 1670. The number of hydrogen-bond acceptors (Lipinski definition) is 7. The number of nitrogens with one attached hydrogen (secondary N) is 3. The van der Waals surface area contributed by atoms with Crippen molar-refractivity contribution in [1.29, 1.82) is 0 Å². The van der Waals surface area contributed by atoms with Crippen molar-refractivity contribution < 1.29 is 14.3 Å². The number of carbonyl (C=O) groups is 2. The van der Waals surface area contributed by atoms with Gasteiger partial charge in [-0.05, 0) is 61.0 Å². The van der Waals surface area contributed by atoms with E-state index in [1.54, 1.807) is 30.3 Å². The molecule has 204 valence electrons. The average molecular weight is 562 g/mol. The molecule has 5 rings (SSSR count). The predicted octanol–water partition coefficient (Wildman–Crippen LogP) is 6.64. The molecule has 5 aromatic rings. The molecular weight excluding hydrogens is 534 g/mol. The highest BCUT2D eigenvalue weighted by Crippen LogP contribution is 2.27. The minimum absolute atomic E-state index is 0.166. The van der Waals surface area contributed by atoms with E-state index in [2.05, 4.69) is 26.1 Å². The molecule has 0 saturated carbocycles. The second-order valence-corrected chi connectivity index (χ2v) is 9.91. The number of thiazole rings is 1. The summed E-state index contributed by atoms with van der Waals surface area (Å²) < 4.78 is 5.71. The number of carbonyl (C=O) groups excluding carboxylic acids is 2. The molecule has 1 heterocycles. The molecule has 0 fully saturated rings. The van der Waals surface area contributed by atoms with Gasteiger partial charge in [0.1, 0.15) is 5.75 Å². The molecule has 41 heavy (non-hydrogen) atoms. The van der Waals surface area contributed by atoms with Gasteiger partial charge in [-0.25, -0.2) is 10.4 Å². The standard InChI is InChI=1S/C32H27N5O3S/c1-22-8-7-12-27(18-22)34-30(38)20-40-29-13-6-5-9-25(29)19-33-37-31(39)24-16-14-23(15-17-24)28-21-41-32(36-28)35-26-10-3-2-4-11-26/h2-19,21H,20H2,1H3,(H,34,38)(H,35,36)(H,37,39)/b33-19+. The third-order valence-electron chi connectivity index (χ3n) is 5.92. The summed E-state index contributed by atoms with van der Waals surface area (Å²) >= 11 is 1.51. The molecule has 3 N–H and O–H groups in total. The highest BCUT2D eigenvalue weighted by Gasteiger charge is 2.09. The van der Waals surface area contributed by atoms with Crippen LogP contribution in [-0.2, 0) is 4.79 Å². The molecule has 4 aromatic carbocycles. The van der Waals surface area contributed by atoms with Crippen LogP contribution in [0, 0.1) is 6.92 Å². The van der Waals surface area contributed by atoms with Crippen molar-refractivity contribution in [2.75, 3.05) is 17.2 Å². The summed E-state index contributed by atoms with van der Waals surface area (Å²) in [6.45, 7) is 1.79. The van der Waals surface area contributed by atoms with Gasteiger partial charge in [-0.15, -0.1) is 11.3 Å². The van der Waals surface area contributed by atoms with Crippen molar-refractivity contribution in [1.82, 2.24) is 10.4 Å². The molecular formula is C32H27N5O3S. The zero-order valence-corrected chi connectivity index (χ0v) is 23.0. The molecule has 0 saturated heterocycles. The fourth-order valence-electron chi connectivity index (χ4n) is 3.91. The molecule has 0 unspecified atom stereocenters. The van der Waals surface area contributed by atoms with Gasteiger partial charge in [0.25, 0.3) is 11.8 Å². The molecule has 8 nitrogen and oxygen atoms in total. The third-order valence-corrected chi connectivity index (χ3v) is 6.68. The number of ether oxygens (including phenoxy) is 1. The molecule has 0 spiro atoms. The molecule has 0 bridgehead atoms. The Morgan fingerprint density at radius 3 is 2.46 bits per heavy atom. The first kappa shape index (κ1) is 27.3. The van der Waals surface area contributed by atoms with Gasteiger partial charge in [-0.1, -0.05) is 54.6 Å². The largest absolute Gasteiger partial charge is 0.483 e. The van der Waals surface area contributed by atoms with Crippen LogP contribution in [0.2, 0.25) is 0 Å². The van der Waals surface area contributed by atoms with Gasteiger partial charge in [0.05, 0.1) is 11.9 Å². The summed E-state index contributed by atoms with van der Waals surface area (Å²) in [6, 6.07) is 31.7. The van der Waals surface area contributed by atoms with Gasteiger partial charge in [0, 0.05) is 33.4 Å². The van der Waals surface area contributed by atoms with Gasteiger partial charge in [0.2, 0.25) is 0 Å². The normalized spacial score (nSPS) is 10.8. The van der Waals surface area contributed by atoms with E-state index in [1.165, 1.54) is 17.6 Å². The van der Waals surface area contributed by atoms with E-state index < -0.39 is 0 Å². The predicted molar refractivity (Wildman–Crippen MR) is 164 cm³/mol. The highest BCUT2D eigenvalue weighted by molar-refractivity contribution is 7.14. The number of nitrogens with zero attached hydrogens (tertiary/aromatic N) is 2. The van der Waals surface area contributed by atoms with Gasteiger partial charge in [-0.3, -0.25) is 9.59 Å². The zero-order chi connectivity index (χ0) is 28.4. The Morgan fingerprint density at radius 2 is 1.66 bits per heavy atom. The lowest BCUT2D eigenvalue weighted by atomic mass is 10.1. The van der Waals surface area contributed by atoms with Crippen LogP contribution in [0.15, 0.2) is 114 Å². The van der Waals surface area contributed by atoms with Crippen LogP contribution in [0.4, 0.5) is 16.5 Å². The van der Waals surface area contributed by atoms with E-state index in [9.17, 15) is 9.59 Å². The maximum absolute atomic E-state index is 12.7. The zero-order valence-electron chi connectivity index (χ0n) is 22.2. The van der Waals surface area contributed by atoms with Crippen LogP contribution >= 0.6 is 11.3 Å². The Morgan fingerprint density at radius 1 is 0.902 bits per heavy atom. The number of aryl methyl sites for hydroxylation is 1. The number of aromatic nitrogens is 1. The summed E-state index contributed by atoms with van der Waals surface area (Å²) in [6.07, 6.45) is 1.48. The Balaban J connectivity index is 1.14. The first-order chi connectivity index (χ1) is 20.0. The van der Waals surface area contributed by atoms with Crippen LogP contribution in [0.3, 0.4) is 0 Å². The molecule has 9 heteroatoms. The van der Waals surface area contributed by atoms with E-state index >= 15 is 0 Å². The first-order valence-electron chi connectivity index (χ1n) is 12.8. The summed E-state index contributed by atoms with van der Waals surface area (Å²) in [7, 11) is 0. The molecule has 0 radical (unpaired) electrons. The monoisotopic (exact) mass is 561 g/mol. The van der Waals surface area contributed by atoms with Gasteiger partial charge >= 0.3 is 0 Å². The quantitative estimate of drug-likeness (QED) is 0.131. The lowest BCUT2D eigenvalue weighted by molar-refractivity contribution is -0.118. The number of anilines is 3. The van der Waals surface area contributed by atoms with Crippen molar-refractivity contribution in [3.8, 4) is 17.0 Å². The van der Waals surface area contributed by atoms with Gasteiger partial charge < -0.3 is 15.4 Å². The van der Waals surface area contributed by atoms with Gasteiger partial charge in [0.15, 0.2) is 11.7 Å². The second-order valence-electron chi connectivity index (χ2n) is 9.05. The van der Waals surface area contributed by atoms with Crippen LogP contribution in [-0.4, -0.2) is 29.6 Å².